The van der Waals surface area contributed by atoms with E-state index < -0.39 is 0 Å². The van der Waals surface area contributed by atoms with Crippen LogP contribution >= 0.6 is 0 Å². The van der Waals surface area contributed by atoms with Gasteiger partial charge in [-0.15, -0.1) is 0 Å². The highest BCUT2D eigenvalue weighted by atomic mass is 16.5. The van der Waals surface area contributed by atoms with E-state index in [1.165, 1.54) is 0 Å². The first-order valence-corrected chi connectivity index (χ1v) is 10.0. The van der Waals surface area contributed by atoms with E-state index in [0.29, 0.717) is 29.4 Å². The second-order valence-corrected chi connectivity index (χ2v) is 7.55. The van der Waals surface area contributed by atoms with E-state index in [9.17, 15) is 9.59 Å². The van der Waals surface area contributed by atoms with E-state index >= 15 is 0 Å². The number of fused-ring (bicyclic) bond motifs is 2. The minimum Gasteiger partial charge on any atom is -0.496 e. The van der Waals surface area contributed by atoms with Crippen molar-refractivity contribution >= 4 is 27.6 Å². The fourth-order valence-corrected chi connectivity index (χ4v) is 3.83. The molecule has 0 saturated heterocycles. The maximum atomic E-state index is 13.0. The molecule has 0 saturated carbocycles. The Kier molecular flexibility index (Phi) is 5.31. The molecule has 154 valence electrons. The molecule has 2 heterocycles. The number of hydrogen-bond donors (Lipinski definition) is 1. The largest absolute Gasteiger partial charge is 0.496 e. The average molecular weight is 403 g/mol. The zero-order valence-corrected chi connectivity index (χ0v) is 17.4. The molecule has 0 bridgehead atoms. The number of carbonyl (C=O) groups is 1. The van der Waals surface area contributed by atoms with Crippen LogP contribution in [0.3, 0.4) is 0 Å². The molecule has 30 heavy (non-hydrogen) atoms. The molecule has 4 rings (SSSR count). The van der Waals surface area contributed by atoms with Gasteiger partial charge in [0.25, 0.3) is 11.5 Å². The molecular weight excluding hydrogens is 378 g/mol. The Morgan fingerprint density at radius 3 is 2.53 bits per heavy atom. The van der Waals surface area contributed by atoms with Gasteiger partial charge in [0, 0.05) is 47.7 Å². The van der Waals surface area contributed by atoms with E-state index in [-0.39, 0.29) is 17.5 Å². The van der Waals surface area contributed by atoms with Crippen LogP contribution in [0.5, 0.6) is 5.75 Å². The molecule has 0 aliphatic rings. The lowest BCUT2D eigenvalue weighted by atomic mass is 10.1. The number of pyridine rings is 1. The van der Waals surface area contributed by atoms with Crippen LogP contribution in [-0.4, -0.2) is 28.7 Å². The molecule has 0 aliphatic heterocycles. The van der Waals surface area contributed by atoms with Crippen molar-refractivity contribution in [2.45, 2.75) is 26.4 Å². The number of aromatic nitrogens is 2. The van der Waals surface area contributed by atoms with Gasteiger partial charge in [0.05, 0.1) is 18.2 Å². The summed E-state index contributed by atoms with van der Waals surface area (Å²) in [5, 5.41) is 5.28. The number of rotatable bonds is 6. The minimum atomic E-state index is -0.186. The Balaban J connectivity index is 1.57. The first kappa shape index (κ1) is 19.8. The first-order valence-electron chi connectivity index (χ1n) is 10.0. The molecule has 0 unspecified atom stereocenters. The molecule has 1 amide bonds. The van der Waals surface area contributed by atoms with Gasteiger partial charge < -0.3 is 19.2 Å². The maximum absolute atomic E-state index is 13.0. The van der Waals surface area contributed by atoms with Gasteiger partial charge in [-0.3, -0.25) is 9.59 Å². The second kappa shape index (κ2) is 8.06. The van der Waals surface area contributed by atoms with Gasteiger partial charge in [0.15, 0.2) is 0 Å². The van der Waals surface area contributed by atoms with Gasteiger partial charge in [0.2, 0.25) is 0 Å². The molecule has 4 aromatic rings. The Labute approximate surface area is 174 Å². The molecule has 0 radical (unpaired) electrons. The summed E-state index contributed by atoms with van der Waals surface area (Å²) in [6, 6.07) is 15.2. The van der Waals surface area contributed by atoms with Gasteiger partial charge in [-0.05, 0) is 38.1 Å². The van der Waals surface area contributed by atoms with E-state index in [0.717, 1.165) is 16.7 Å². The van der Waals surface area contributed by atoms with Gasteiger partial charge in [-0.2, -0.15) is 0 Å². The summed E-state index contributed by atoms with van der Waals surface area (Å²) in [4.78, 5) is 25.7. The summed E-state index contributed by atoms with van der Waals surface area (Å²) in [6.45, 7) is 4.96. The highest BCUT2D eigenvalue weighted by Gasteiger charge is 2.15. The molecule has 0 atom stereocenters. The minimum absolute atomic E-state index is 0.0325. The molecule has 0 spiro atoms. The van der Waals surface area contributed by atoms with Crippen molar-refractivity contribution in [1.29, 1.82) is 0 Å². The zero-order valence-electron chi connectivity index (χ0n) is 17.4. The number of nitrogens with zero attached hydrogens (tertiary/aromatic N) is 2. The predicted octanol–water partition coefficient (Wildman–Crippen LogP) is 3.98. The third kappa shape index (κ3) is 3.45. The third-order valence-electron chi connectivity index (χ3n) is 5.38. The summed E-state index contributed by atoms with van der Waals surface area (Å²) in [6.07, 6.45) is 3.66. The molecule has 0 fully saturated rings. The van der Waals surface area contributed by atoms with Crippen LogP contribution in [0.15, 0.2) is 65.7 Å². The second-order valence-electron chi connectivity index (χ2n) is 7.55. The number of hydrogen-bond acceptors (Lipinski definition) is 3. The smallest absolute Gasteiger partial charge is 0.258 e. The van der Waals surface area contributed by atoms with Crippen LogP contribution in [0.25, 0.3) is 21.7 Å². The number of amides is 1. The van der Waals surface area contributed by atoms with Crippen molar-refractivity contribution in [3.63, 3.8) is 0 Å². The standard InChI is InChI=1S/C24H25N3O3/c1-16(2)27-15-20(17-7-4-5-8-18(17)24(27)29)23(28)25-12-14-26-13-11-19-21(26)9-6-10-22(19)30-3/h4-11,13,15-16H,12,14H2,1-3H3,(H,25,28). The Bertz CT molecular complexity index is 1280. The summed E-state index contributed by atoms with van der Waals surface area (Å²) < 4.78 is 9.11. The Morgan fingerprint density at radius 1 is 1.03 bits per heavy atom. The van der Waals surface area contributed by atoms with Crippen molar-refractivity contribution in [1.82, 2.24) is 14.5 Å². The molecule has 0 aliphatic carbocycles. The summed E-state index contributed by atoms with van der Waals surface area (Å²) >= 11 is 0. The lowest BCUT2D eigenvalue weighted by Crippen LogP contribution is -2.30. The molecule has 2 aromatic heterocycles. The van der Waals surface area contributed by atoms with Gasteiger partial charge in [-0.25, -0.2) is 0 Å². The van der Waals surface area contributed by atoms with Crippen LogP contribution in [0.1, 0.15) is 30.2 Å². The van der Waals surface area contributed by atoms with Crippen LogP contribution in [0.2, 0.25) is 0 Å². The highest BCUT2D eigenvalue weighted by molar-refractivity contribution is 6.06. The van der Waals surface area contributed by atoms with Crippen molar-refractivity contribution in [2.24, 2.45) is 0 Å². The highest BCUT2D eigenvalue weighted by Crippen LogP contribution is 2.26. The maximum Gasteiger partial charge on any atom is 0.258 e. The van der Waals surface area contributed by atoms with Crippen LogP contribution < -0.4 is 15.6 Å². The molecule has 1 N–H and O–H groups in total. The van der Waals surface area contributed by atoms with E-state index in [4.69, 9.17) is 4.74 Å². The fraction of sp³-hybridized carbons (Fsp3) is 0.250. The monoisotopic (exact) mass is 403 g/mol. The zero-order chi connectivity index (χ0) is 21.3. The number of benzene rings is 2. The lowest BCUT2D eigenvalue weighted by molar-refractivity contribution is 0.0953. The number of ether oxygens (including phenoxy) is 1. The van der Waals surface area contributed by atoms with Crippen LogP contribution in [0.4, 0.5) is 0 Å². The summed E-state index contributed by atoms with van der Waals surface area (Å²) in [7, 11) is 1.66. The number of nitrogens with one attached hydrogen (secondary N) is 1. The summed E-state index contributed by atoms with van der Waals surface area (Å²) in [5.74, 6) is 0.646. The van der Waals surface area contributed by atoms with Crippen molar-refractivity contribution in [2.75, 3.05) is 13.7 Å². The molecule has 2 aromatic carbocycles. The normalized spacial score (nSPS) is 11.3. The Hall–Kier alpha value is -3.54. The third-order valence-corrected chi connectivity index (χ3v) is 5.38. The van der Waals surface area contributed by atoms with Crippen LogP contribution in [-0.2, 0) is 6.54 Å². The van der Waals surface area contributed by atoms with Crippen molar-refractivity contribution in [3.8, 4) is 5.75 Å². The van der Waals surface area contributed by atoms with Gasteiger partial charge in [-0.1, -0.05) is 24.3 Å². The lowest BCUT2D eigenvalue weighted by Gasteiger charge is -2.15. The average Bonchev–Trinajstić information content (AvgIpc) is 3.17. The predicted molar refractivity (Wildman–Crippen MR) is 119 cm³/mol. The van der Waals surface area contributed by atoms with E-state index in [1.54, 1.807) is 23.9 Å². The van der Waals surface area contributed by atoms with Gasteiger partial charge >= 0.3 is 0 Å². The van der Waals surface area contributed by atoms with Gasteiger partial charge in [0.1, 0.15) is 5.75 Å². The number of carbonyl (C=O) groups excluding carboxylic acids is 1. The molecule has 6 heteroatoms. The number of methoxy groups -OCH3 is 1. The van der Waals surface area contributed by atoms with Crippen LogP contribution in [0, 0.1) is 0 Å². The van der Waals surface area contributed by atoms with E-state index in [1.807, 2.05) is 62.5 Å². The molecule has 6 nitrogen and oxygen atoms in total. The van der Waals surface area contributed by atoms with Crippen molar-refractivity contribution in [3.05, 3.63) is 76.8 Å². The first-order chi connectivity index (χ1) is 14.5. The quantitative estimate of drug-likeness (QED) is 0.530. The SMILES string of the molecule is COc1cccc2c1ccn2CCNC(=O)c1cn(C(C)C)c(=O)c2ccccc12. The summed E-state index contributed by atoms with van der Waals surface area (Å²) in [5.41, 5.74) is 1.49. The Morgan fingerprint density at radius 2 is 1.80 bits per heavy atom. The fourth-order valence-electron chi connectivity index (χ4n) is 3.83. The van der Waals surface area contributed by atoms with Crippen molar-refractivity contribution < 1.29 is 9.53 Å². The van der Waals surface area contributed by atoms with E-state index in [2.05, 4.69) is 9.88 Å². The topological polar surface area (TPSA) is 65.3 Å². The molecular formula is C24H25N3O3.